The number of para-hydroxylation sites is 1. The molecule has 4 heteroatoms. The summed E-state index contributed by atoms with van der Waals surface area (Å²) in [6, 6.07) is 9.39. The molecule has 1 atom stereocenters. The van der Waals surface area contributed by atoms with Crippen molar-refractivity contribution in [2.45, 2.75) is 19.4 Å². The van der Waals surface area contributed by atoms with Gasteiger partial charge in [0.05, 0.1) is 6.61 Å². The predicted molar refractivity (Wildman–Crippen MR) is 64.0 cm³/mol. The lowest BCUT2D eigenvalue weighted by atomic mass is 10.3. The van der Waals surface area contributed by atoms with Gasteiger partial charge in [0.1, 0.15) is 12.4 Å². The normalized spacial score (nSPS) is 11.9. The van der Waals surface area contributed by atoms with Gasteiger partial charge in [-0.05, 0) is 12.1 Å². The van der Waals surface area contributed by atoms with Crippen LogP contribution in [-0.2, 0) is 14.3 Å². The average molecular weight is 238 g/mol. The minimum atomic E-state index is -0.368. The molecule has 17 heavy (non-hydrogen) atoms. The minimum Gasteiger partial charge on any atom is -0.490 e. The molecule has 1 aromatic rings. The van der Waals surface area contributed by atoms with Gasteiger partial charge >= 0.3 is 5.97 Å². The van der Waals surface area contributed by atoms with Gasteiger partial charge in [0, 0.05) is 13.5 Å². The molecule has 0 saturated carbocycles. The number of esters is 1. The molecular formula is C13H18O4. The first-order valence-electron chi connectivity index (χ1n) is 5.62. The number of carbonyl (C=O) groups is 1. The van der Waals surface area contributed by atoms with Gasteiger partial charge in [-0.1, -0.05) is 25.1 Å². The number of carbonyl (C=O) groups excluding carboxylic acids is 1. The van der Waals surface area contributed by atoms with Gasteiger partial charge in [-0.25, -0.2) is 0 Å². The van der Waals surface area contributed by atoms with Crippen molar-refractivity contribution in [3.8, 4) is 5.75 Å². The summed E-state index contributed by atoms with van der Waals surface area (Å²) in [4.78, 5) is 11.2. The summed E-state index contributed by atoms with van der Waals surface area (Å²) >= 11 is 0. The lowest BCUT2D eigenvalue weighted by Crippen LogP contribution is -2.29. The van der Waals surface area contributed by atoms with Crippen molar-refractivity contribution in [2.24, 2.45) is 0 Å². The van der Waals surface area contributed by atoms with E-state index in [2.05, 4.69) is 0 Å². The van der Waals surface area contributed by atoms with E-state index in [1.54, 1.807) is 14.0 Å². The first-order valence-corrected chi connectivity index (χ1v) is 5.62. The summed E-state index contributed by atoms with van der Waals surface area (Å²) in [7, 11) is 1.56. The molecule has 0 amide bonds. The molecule has 0 aromatic heterocycles. The summed E-state index contributed by atoms with van der Waals surface area (Å²) in [6.07, 6.45) is -0.0152. The zero-order chi connectivity index (χ0) is 12.5. The maximum Gasteiger partial charge on any atom is 0.305 e. The SMILES string of the molecule is CCC(=O)O[C@H](COC)COc1ccccc1. The molecule has 4 nitrogen and oxygen atoms in total. The molecule has 0 saturated heterocycles. The quantitative estimate of drug-likeness (QED) is 0.682. The van der Waals surface area contributed by atoms with Crippen LogP contribution in [0.5, 0.6) is 5.75 Å². The largest absolute Gasteiger partial charge is 0.490 e. The topological polar surface area (TPSA) is 44.8 Å². The first-order chi connectivity index (χ1) is 8.26. The van der Waals surface area contributed by atoms with Crippen molar-refractivity contribution in [3.63, 3.8) is 0 Å². The van der Waals surface area contributed by atoms with Crippen molar-refractivity contribution in [1.29, 1.82) is 0 Å². The second-order valence-corrected chi connectivity index (χ2v) is 3.54. The van der Waals surface area contributed by atoms with Crippen molar-refractivity contribution in [1.82, 2.24) is 0 Å². The fraction of sp³-hybridized carbons (Fsp3) is 0.462. The Morgan fingerprint density at radius 1 is 1.24 bits per heavy atom. The standard InChI is InChI=1S/C13H18O4/c1-3-13(14)17-12(9-15-2)10-16-11-7-5-4-6-8-11/h4-8,12H,3,9-10H2,1-2H3/t12-/m1/s1. The summed E-state index contributed by atoms with van der Waals surface area (Å²) in [5.74, 6) is 0.505. The summed E-state index contributed by atoms with van der Waals surface area (Å²) in [5.41, 5.74) is 0. The Hall–Kier alpha value is -1.55. The highest BCUT2D eigenvalue weighted by atomic mass is 16.6. The molecule has 0 aliphatic rings. The molecular weight excluding hydrogens is 220 g/mol. The fourth-order valence-electron chi connectivity index (χ4n) is 1.28. The molecule has 1 aromatic carbocycles. The maximum absolute atomic E-state index is 11.2. The van der Waals surface area contributed by atoms with Crippen LogP contribution < -0.4 is 4.74 Å². The highest BCUT2D eigenvalue weighted by Gasteiger charge is 2.14. The third-order valence-electron chi connectivity index (χ3n) is 2.12. The molecule has 0 radical (unpaired) electrons. The number of ether oxygens (including phenoxy) is 3. The molecule has 0 spiro atoms. The zero-order valence-corrected chi connectivity index (χ0v) is 10.2. The Kier molecular flexibility index (Phi) is 6.10. The summed E-state index contributed by atoms with van der Waals surface area (Å²) < 4.78 is 15.7. The summed E-state index contributed by atoms with van der Waals surface area (Å²) in [5, 5.41) is 0. The maximum atomic E-state index is 11.2. The van der Waals surface area contributed by atoms with Crippen LogP contribution in [0.1, 0.15) is 13.3 Å². The molecule has 0 unspecified atom stereocenters. The lowest BCUT2D eigenvalue weighted by Gasteiger charge is -2.17. The Morgan fingerprint density at radius 2 is 1.94 bits per heavy atom. The van der Waals surface area contributed by atoms with Crippen LogP contribution in [0.3, 0.4) is 0 Å². The van der Waals surface area contributed by atoms with Gasteiger partial charge < -0.3 is 14.2 Å². The van der Waals surface area contributed by atoms with Gasteiger partial charge in [-0.2, -0.15) is 0 Å². The number of hydrogen-bond donors (Lipinski definition) is 0. The van der Waals surface area contributed by atoms with Gasteiger partial charge in [-0.15, -0.1) is 0 Å². The van der Waals surface area contributed by atoms with E-state index < -0.39 is 0 Å². The molecule has 94 valence electrons. The van der Waals surface area contributed by atoms with Gasteiger partial charge in [0.2, 0.25) is 0 Å². The lowest BCUT2D eigenvalue weighted by molar-refractivity contribution is -0.153. The third-order valence-corrected chi connectivity index (χ3v) is 2.12. The second kappa shape index (κ2) is 7.68. The van der Waals surface area contributed by atoms with E-state index in [1.165, 1.54) is 0 Å². The highest BCUT2D eigenvalue weighted by molar-refractivity contribution is 5.69. The predicted octanol–water partition coefficient (Wildman–Crippen LogP) is 2.03. The highest BCUT2D eigenvalue weighted by Crippen LogP contribution is 2.09. The fourth-order valence-corrected chi connectivity index (χ4v) is 1.28. The van der Waals surface area contributed by atoms with Gasteiger partial charge in [-0.3, -0.25) is 4.79 Å². The second-order valence-electron chi connectivity index (χ2n) is 3.54. The van der Waals surface area contributed by atoms with Gasteiger partial charge in [0.15, 0.2) is 6.10 Å². The van der Waals surface area contributed by atoms with E-state index in [4.69, 9.17) is 14.2 Å². The molecule has 1 rings (SSSR count). The van der Waals surface area contributed by atoms with Crippen LogP contribution in [0.15, 0.2) is 30.3 Å². The Balaban J connectivity index is 2.41. The Bertz CT molecular complexity index is 323. The molecule has 0 N–H and O–H groups in total. The first kappa shape index (κ1) is 13.5. The van der Waals surface area contributed by atoms with Crippen LogP contribution in [0.25, 0.3) is 0 Å². The van der Waals surface area contributed by atoms with Crippen LogP contribution in [0, 0.1) is 0 Å². The number of hydrogen-bond acceptors (Lipinski definition) is 4. The molecule has 0 bridgehead atoms. The van der Waals surface area contributed by atoms with Crippen LogP contribution >= 0.6 is 0 Å². The number of methoxy groups -OCH3 is 1. The third kappa shape index (κ3) is 5.36. The van der Waals surface area contributed by atoms with E-state index in [0.717, 1.165) is 5.75 Å². The van der Waals surface area contributed by atoms with E-state index in [9.17, 15) is 4.79 Å². The molecule has 0 heterocycles. The Morgan fingerprint density at radius 3 is 2.53 bits per heavy atom. The molecule has 0 aliphatic heterocycles. The molecule has 0 aliphatic carbocycles. The van der Waals surface area contributed by atoms with E-state index in [0.29, 0.717) is 19.6 Å². The zero-order valence-electron chi connectivity index (χ0n) is 10.2. The van der Waals surface area contributed by atoms with E-state index in [-0.39, 0.29) is 12.1 Å². The number of benzene rings is 1. The number of rotatable bonds is 7. The van der Waals surface area contributed by atoms with Gasteiger partial charge in [0.25, 0.3) is 0 Å². The van der Waals surface area contributed by atoms with Crippen LogP contribution in [0.2, 0.25) is 0 Å². The van der Waals surface area contributed by atoms with E-state index >= 15 is 0 Å². The van der Waals surface area contributed by atoms with Crippen molar-refractivity contribution >= 4 is 5.97 Å². The van der Waals surface area contributed by atoms with Crippen LogP contribution in [0.4, 0.5) is 0 Å². The van der Waals surface area contributed by atoms with Crippen molar-refractivity contribution < 1.29 is 19.0 Å². The summed E-state index contributed by atoms with van der Waals surface area (Å²) in [6.45, 7) is 2.38. The Labute approximate surface area is 101 Å². The van der Waals surface area contributed by atoms with Crippen molar-refractivity contribution in [2.75, 3.05) is 20.3 Å². The average Bonchev–Trinajstić information content (AvgIpc) is 2.37. The minimum absolute atomic E-state index is 0.247. The van der Waals surface area contributed by atoms with Crippen LogP contribution in [-0.4, -0.2) is 32.4 Å². The van der Waals surface area contributed by atoms with E-state index in [1.807, 2.05) is 30.3 Å². The monoisotopic (exact) mass is 238 g/mol. The smallest absolute Gasteiger partial charge is 0.305 e. The van der Waals surface area contributed by atoms with Crippen molar-refractivity contribution in [3.05, 3.63) is 30.3 Å². The molecule has 0 fully saturated rings.